The second kappa shape index (κ2) is 5.04. The lowest BCUT2D eigenvalue weighted by Gasteiger charge is -2.24. The van der Waals surface area contributed by atoms with Crippen LogP contribution in [0.25, 0.3) is 5.57 Å². The van der Waals surface area contributed by atoms with Gasteiger partial charge >= 0.3 is 0 Å². The first-order valence-electron chi connectivity index (χ1n) is 6.96. The number of rotatable bonds is 3. The number of hydrogen-bond donors (Lipinski definition) is 0. The Balaban J connectivity index is 1.92. The third-order valence-corrected chi connectivity index (χ3v) is 4.20. The molecule has 1 aliphatic heterocycles. The Morgan fingerprint density at radius 1 is 1.32 bits per heavy atom. The lowest BCUT2D eigenvalue weighted by molar-refractivity contribution is -0.129. The minimum absolute atomic E-state index is 0.0658. The summed E-state index contributed by atoms with van der Waals surface area (Å²) in [6.07, 6.45) is 6.29. The molecule has 2 heteroatoms. The average Bonchev–Trinajstić information content (AvgIpc) is 2.77. The average molecular weight is 253 g/mol. The predicted molar refractivity (Wildman–Crippen MR) is 77.4 cm³/mol. The van der Waals surface area contributed by atoms with E-state index < -0.39 is 0 Å². The Kier molecular flexibility index (Phi) is 3.24. The molecule has 2 nitrogen and oxygen atoms in total. The zero-order valence-corrected chi connectivity index (χ0v) is 11.1. The summed E-state index contributed by atoms with van der Waals surface area (Å²) in [6, 6.07) is 10.3. The van der Waals surface area contributed by atoms with Gasteiger partial charge in [0.25, 0.3) is 0 Å². The fourth-order valence-corrected chi connectivity index (χ4v) is 3.35. The van der Waals surface area contributed by atoms with E-state index in [0.717, 1.165) is 19.4 Å². The van der Waals surface area contributed by atoms with E-state index in [9.17, 15) is 4.79 Å². The van der Waals surface area contributed by atoms with Gasteiger partial charge in [-0.2, -0.15) is 0 Å². The number of hydrogen-bond acceptors (Lipinski definition) is 1. The lowest BCUT2D eigenvalue weighted by Crippen LogP contribution is -2.28. The topological polar surface area (TPSA) is 20.3 Å². The molecule has 1 amide bonds. The quantitative estimate of drug-likeness (QED) is 0.758. The Bertz CT molecular complexity index is 517. The van der Waals surface area contributed by atoms with Gasteiger partial charge in [0, 0.05) is 13.1 Å². The van der Waals surface area contributed by atoms with Gasteiger partial charge in [-0.15, -0.1) is 6.58 Å². The van der Waals surface area contributed by atoms with E-state index in [0.29, 0.717) is 12.5 Å². The maximum atomic E-state index is 12.6. The number of allylic oxidation sites excluding steroid dienone is 1. The molecule has 1 aromatic rings. The highest BCUT2D eigenvalue weighted by Gasteiger charge is 2.43. The van der Waals surface area contributed by atoms with Crippen molar-refractivity contribution < 1.29 is 4.79 Å². The number of carbonyl (C=O) groups is 1. The standard InChI is InChI=1S/C17H19NO/c1-2-11-18-12-14-9-6-10-15(16(14)17(18)19)13-7-4-3-5-8-13/h2-5,7-8,10,14,16H,1,6,9,11-12H2/t14-,16+/m0/s1. The van der Waals surface area contributed by atoms with Gasteiger partial charge in [-0.1, -0.05) is 42.5 Å². The van der Waals surface area contributed by atoms with Gasteiger partial charge in [-0.3, -0.25) is 4.79 Å². The van der Waals surface area contributed by atoms with Gasteiger partial charge < -0.3 is 4.90 Å². The van der Waals surface area contributed by atoms with E-state index in [2.05, 4.69) is 24.8 Å². The van der Waals surface area contributed by atoms with Crippen molar-refractivity contribution in [3.63, 3.8) is 0 Å². The highest BCUT2D eigenvalue weighted by atomic mass is 16.2. The molecule has 98 valence electrons. The van der Waals surface area contributed by atoms with Crippen LogP contribution in [-0.2, 0) is 4.79 Å². The van der Waals surface area contributed by atoms with Gasteiger partial charge in [0.2, 0.25) is 5.91 Å². The lowest BCUT2D eigenvalue weighted by atomic mass is 9.78. The van der Waals surface area contributed by atoms with Crippen LogP contribution >= 0.6 is 0 Å². The van der Waals surface area contributed by atoms with E-state index in [-0.39, 0.29) is 11.8 Å². The van der Waals surface area contributed by atoms with Crippen LogP contribution in [0.15, 0.2) is 49.1 Å². The largest absolute Gasteiger partial charge is 0.338 e. The van der Waals surface area contributed by atoms with E-state index in [4.69, 9.17) is 0 Å². The Hall–Kier alpha value is -1.83. The monoisotopic (exact) mass is 253 g/mol. The van der Waals surface area contributed by atoms with Gasteiger partial charge in [0.15, 0.2) is 0 Å². The van der Waals surface area contributed by atoms with Gasteiger partial charge in [-0.05, 0) is 29.9 Å². The Morgan fingerprint density at radius 2 is 2.11 bits per heavy atom. The van der Waals surface area contributed by atoms with Crippen molar-refractivity contribution in [1.29, 1.82) is 0 Å². The summed E-state index contributed by atoms with van der Waals surface area (Å²) in [5.41, 5.74) is 2.43. The van der Waals surface area contributed by atoms with E-state index >= 15 is 0 Å². The molecule has 0 N–H and O–H groups in total. The molecule has 2 atom stereocenters. The normalized spacial score (nSPS) is 26.0. The predicted octanol–water partition coefficient (Wildman–Crippen LogP) is 3.12. The molecule has 19 heavy (non-hydrogen) atoms. The fourth-order valence-electron chi connectivity index (χ4n) is 3.35. The molecule has 0 unspecified atom stereocenters. The Labute approximate surface area is 114 Å². The summed E-state index contributed by atoms with van der Waals surface area (Å²) in [4.78, 5) is 14.5. The minimum atomic E-state index is 0.0658. The van der Waals surface area contributed by atoms with Crippen LogP contribution in [0.1, 0.15) is 18.4 Å². The molecule has 0 saturated carbocycles. The Morgan fingerprint density at radius 3 is 2.84 bits per heavy atom. The van der Waals surface area contributed by atoms with Crippen LogP contribution < -0.4 is 0 Å². The summed E-state index contributed by atoms with van der Waals surface area (Å²) in [5.74, 6) is 0.823. The first-order chi connectivity index (χ1) is 9.31. The summed E-state index contributed by atoms with van der Waals surface area (Å²) in [5, 5.41) is 0. The summed E-state index contributed by atoms with van der Waals surface area (Å²) >= 11 is 0. The molecule has 1 aromatic carbocycles. The van der Waals surface area contributed by atoms with Crippen LogP contribution in [0.2, 0.25) is 0 Å². The molecule has 1 fully saturated rings. The van der Waals surface area contributed by atoms with Crippen molar-refractivity contribution in [2.45, 2.75) is 12.8 Å². The van der Waals surface area contributed by atoms with E-state index in [1.807, 2.05) is 29.2 Å². The van der Waals surface area contributed by atoms with Gasteiger partial charge in [0.1, 0.15) is 0 Å². The van der Waals surface area contributed by atoms with Gasteiger partial charge in [-0.25, -0.2) is 0 Å². The SMILES string of the molecule is C=CCN1C[C@@H]2CCC=C(c3ccccc3)[C@@H]2C1=O. The van der Waals surface area contributed by atoms with Crippen LogP contribution in [0.3, 0.4) is 0 Å². The minimum Gasteiger partial charge on any atom is -0.338 e. The summed E-state index contributed by atoms with van der Waals surface area (Å²) < 4.78 is 0. The van der Waals surface area contributed by atoms with Crippen molar-refractivity contribution >= 4 is 11.5 Å². The van der Waals surface area contributed by atoms with Crippen LogP contribution in [-0.4, -0.2) is 23.9 Å². The first-order valence-corrected chi connectivity index (χ1v) is 6.96. The highest BCUT2D eigenvalue weighted by Crippen LogP contribution is 2.42. The molecular formula is C17H19NO. The number of likely N-dealkylation sites (tertiary alicyclic amines) is 1. The molecule has 2 aliphatic rings. The van der Waals surface area contributed by atoms with Crippen LogP contribution in [0.5, 0.6) is 0 Å². The third kappa shape index (κ3) is 2.12. The number of amides is 1. The molecule has 0 bridgehead atoms. The van der Waals surface area contributed by atoms with Crippen molar-refractivity contribution in [3.05, 3.63) is 54.6 Å². The highest BCUT2D eigenvalue weighted by molar-refractivity contribution is 5.94. The maximum Gasteiger partial charge on any atom is 0.230 e. The van der Waals surface area contributed by atoms with Crippen molar-refractivity contribution in [2.75, 3.05) is 13.1 Å². The smallest absolute Gasteiger partial charge is 0.230 e. The number of carbonyl (C=O) groups excluding carboxylic acids is 1. The summed E-state index contributed by atoms with van der Waals surface area (Å²) in [6.45, 7) is 5.31. The third-order valence-electron chi connectivity index (χ3n) is 4.20. The summed E-state index contributed by atoms with van der Waals surface area (Å²) in [7, 11) is 0. The maximum absolute atomic E-state index is 12.6. The molecule has 1 aliphatic carbocycles. The molecule has 1 heterocycles. The molecule has 0 aromatic heterocycles. The molecule has 0 radical (unpaired) electrons. The van der Waals surface area contributed by atoms with Crippen molar-refractivity contribution in [3.8, 4) is 0 Å². The van der Waals surface area contributed by atoms with E-state index in [1.54, 1.807) is 0 Å². The molecule has 3 rings (SSSR count). The second-order valence-electron chi connectivity index (χ2n) is 5.37. The van der Waals surface area contributed by atoms with Crippen LogP contribution in [0, 0.1) is 11.8 Å². The molecule has 1 saturated heterocycles. The van der Waals surface area contributed by atoms with E-state index in [1.165, 1.54) is 11.1 Å². The zero-order valence-electron chi connectivity index (χ0n) is 11.1. The second-order valence-corrected chi connectivity index (χ2v) is 5.37. The molecular weight excluding hydrogens is 234 g/mol. The zero-order chi connectivity index (χ0) is 13.2. The molecule has 0 spiro atoms. The number of benzene rings is 1. The first kappa shape index (κ1) is 12.2. The number of fused-ring (bicyclic) bond motifs is 1. The van der Waals surface area contributed by atoms with Crippen molar-refractivity contribution in [1.82, 2.24) is 4.90 Å². The van der Waals surface area contributed by atoms with Crippen molar-refractivity contribution in [2.24, 2.45) is 11.8 Å². The van der Waals surface area contributed by atoms with Gasteiger partial charge in [0.05, 0.1) is 5.92 Å². The van der Waals surface area contributed by atoms with Crippen LogP contribution in [0.4, 0.5) is 0 Å². The fraction of sp³-hybridized carbons (Fsp3) is 0.353. The number of nitrogens with zero attached hydrogens (tertiary/aromatic N) is 1.